The number of nitrogens with zero attached hydrogens (tertiary/aromatic N) is 1. The molecule has 1 aromatic carbocycles. The summed E-state index contributed by atoms with van der Waals surface area (Å²) in [6.45, 7) is 5.41. The SMILES string of the molecule is COc1ccc(C(=O)OCC(=O)OC(C)(C)C)cc1S(=O)(=O)N1CCCCCC1. The van der Waals surface area contributed by atoms with Crippen LogP contribution in [0.4, 0.5) is 0 Å². The van der Waals surface area contributed by atoms with Gasteiger partial charge in [-0.25, -0.2) is 18.0 Å². The predicted octanol–water partition coefficient (Wildman–Crippen LogP) is 2.76. The van der Waals surface area contributed by atoms with Crippen molar-refractivity contribution in [1.82, 2.24) is 4.31 Å². The van der Waals surface area contributed by atoms with Gasteiger partial charge in [0.05, 0.1) is 12.7 Å². The molecule has 1 aliphatic rings. The third kappa shape index (κ3) is 6.43. The van der Waals surface area contributed by atoms with Crippen LogP contribution >= 0.6 is 0 Å². The molecule has 8 nitrogen and oxygen atoms in total. The monoisotopic (exact) mass is 427 g/mol. The van der Waals surface area contributed by atoms with Gasteiger partial charge in [0.1, 0.15) is 16.2 Å². The van der Waals surface area contributed by atoms with Crippen LogP contribution in [0, 0.1) is 0 Å². The minimum Gasteiger partial charge on any atom is -0.495 e. The lowest BCUT2D eigenvalue weighted by Gasteiger charge is -2.21. The van der Waals surface area contributed by atoms with Gasteiger partial charge in [0.25, 0.3) is 0 Å². The molecule has 2 rings (SSSR count). The Hall–Kier alpha value is -2.13. The van der Waals surface area contributed by atoms with Crippen LogP contribution in [-0.4, -0.2) is 57.1 Å². The molecule has 0 bridgehead atoms. The quantitative estimate of drug-likeness (QED) is 0.644. The molecule has 0 saturated carbocycles. The summed E-state index contributed by atoms with van der Waals surface area (Å²) < 4.78 is 43.0. The van der Waals surface area contributed by atoms with Crippen molar-refractivity contribution in [2.75, 3.05) is 26.8 Å². The molecular formula is C20H29NO7S. The van der Waals surface area contributed by atoms with Gasteiger partial charge < -0.3 is 14.2 Å². The average Bonchev–Trinajstić information content (AvgIpc) is 2.94. The maximum absolute atomic E-state index is 13.1. The van der Waals surface area contributed by atoms with Crippen molar-refractivity contribution < 1.29 is 32.2 Å². The zero-order chi connectivity index (χ0) is 21.7. The first-order valence-electron chi connectivity index (χ1n) is 9.62. The second-order valence-corrected chi connectivity index (χ2v) is 9.75. The van der Waals surface area contributed by atoms with Gasteiger partial charge >= 0.3 is 11.9 Å². The lowest BCUT2D eigenvalue weighted by Crippen LogP contribution is -2.32. The molecular weight excluding hydrogens is 398 g/mol. The van der Waals surface area contributed by atoms with Crippen LogP contribution in [-0.2, 0) is 24.3 Å². The molecule has 0 radical (unpaired) electrons. The molecule has 0 amide bonds. The van der Waals surface area contributed by atoms with Gasteiger partial charge in [-0.15, -0.1) is 0 Å². The van der Waals surface area contributed by atoms with Gasteiger partial charge in [0, 0.05) is 13.1 Å². The zero-order valence-electron chi connectivity index (χ0n) is 17.4. The molecule has 1 aliphatic heterocycles. The van der Waals surface area contributed by atoms with Crippen molar-refractivity contribution >= 4 is 22.0 Å². The number of methoxy groups -OCH3 is 1. The van der Waals surface area contributed by atoms with E-state index in [9.17, 15) is 18.0 Å². The van der Waals surface area contributed by atoms with Crippen molar-refractivity contribution in [3.63, 3.8) is 0 Å². The summed E-state index contributed by atoms with van der Waals surface area (Å²) in [5.74, 6) is -1.35. The number of ether oxygens (including phenoxy) is 3. The van der Waals surface area contributed by atoms with E-state index in [1.165, 1.54) is 29.6 Å². The fraction of sp³-hybridized carbons (Fsp3) is 0.600. The fourth-order valence-corrected chi connectivity index (χ4v) is 4.70. The van der Waals surface area contributed by atoms with E-state index in [1.54, 1.807) is 20.8 Å². The van der Waals surface area contributed by atoms with Crippen molar-refractivity contribution in [3.05, 3.63) is 23.8 Å². The minimum atomic E-state index is -3.83. The van der Waals surface area contributed by atoms with Gasteiger partial charge in [-0.05, 0) is 51.8 Å². The normalized spacial score (nSPS) is 16.0. The molecule has 1 aromatic rings. The Morgan fingerprint density at radius 2 is 1.69 bits per heavy atom. The van der Waals surface area contributed by atoms with Gasteiger partial charge in [-0.3, -0.25) is 0 Å². The van der Waals surface area contributed by atoms with E-state index in [-0.39, 0.29) is 16.2 Å². The number of esters is 2. The van der Waals surface area contributed by atoms with Crippen molar-refractivity contribution in [2.24, 2.45) is 0 Å². The molecule has 0 N–H and O–H groups in total. The van der Waals surface area contributed by atoms with Crippen LogP contribution in [0.1, 0.15) is 56.8 Å². The lowest BCUT2D eigenvalue weighted by atomic mass is 10.2. The van der Waals surface area contributed by atoms with E-state index in [2.05, 4.69) is 0 Å². The highest BCUT2D eigenvalue weighted by Crippen LogP contribution is 2.29. The van der Waals surface area contributed by atoms with Crippen LogP contribution in [0.3, 0.4) is 0 Å². The second-order valence-electron chi connectivity index (χ2n) is 7.85. The van der Waals surface area contributed by atoms with Crippen LogP contribution in [0.5, 0.6) is 5.75 Å². The van der Waals surface area contributed by atoms with Gasteiger partial charge in [0.2, 0.25) is 10.0 Å². The Balaban J connectivity index is 2.21. The Morgan fingerprint density at radius 1 is 1.07 bits per heavy atom. The summed E-state index contributed by atoms with van der Waals surface area (Å²) in [6, 6.07) is 4.04. The predicted molar refractivity (Wildman–Crippen MR) is 106 cm³/mol. The smallest absolute Gasteiger partial charge is 0.344 e. The molecule has 0 atom stereocenters. The molecule has 0 aromatic heterocycles. The van der Waals surface area contributed by atoms with Gasteiger partial charge in [-0.2, -0.15) is 4.31 Å². The standard InChI is InChI=1S/C20H29NO7S/c1-20(2,3)28-18(22)14-27-19(23)15-9-10-16(26-4)17(13-15)29(24,25)21-11-7-5-6-8-12-21/h9-10,13H,5-8,11-12,14H2,1-4H3. The number of sulfonamides is 1. The Kier molecular flexibility index (Phi) is 7.65. The average molecular weight is 428 g/mol. The molecule has 0 aliphatic carbocycles. The summed E-state index contributed by atoms with van der Waals surface area (Å²) in [7, 11) is -2.46. The molecule has 0 unspecified atom stereocenters. The molecule has 162 valence electrons. The molecule has 1 fully saturated rings. The number of benzene rings is 1. The highest BCUT2D eigenvalue weighted by atomic mass is 32.2. The Bertz CT molecular complexity index is 835. The molecule has 1 heterocycles. The second kappa shape index (κ2) is 9.58. The first kappa shape index (κ1) is 23.2. The highest BCUT2D eigenvalue weighted by molar-refractivity contribution is 7.89. The van der Waals surface area contributed by atoms with E-state index in [0.29, 0.717) is 13.1 Å². The van der Waals surface area contributed by atoms with Crippen LogP contribution in [0.2, 0.25) is 0 Å². The highest BCUT2D eigenvalue weighted by Gasteiger charge is 2.29. The fourth-order valence-electron chi connectivity index (χ4n) is 3.01. The zero-order valence-corrected chi connectivity index (χ0v) is 18.2. The van der Waals surface area contributed by atoms with Crippen LogP contribution in [0.25, 0.3) is 0 Å². The van der Waals surface area contributed by atoms with E-state index in [0.717, 1.165) is 25.7 Å². The maximum atomic E-state index is 13.1. The van der Waals surface area contributed by atoms with Crippen molar-refractivity contribution in [2.45, 2.75) is 57.0 Å². The Labute approximate surface area is 172 Å². The van der Waals surface area contributed by atoms with E-state index in [1.807, 2.05) is 0 Å². The minimum absolute atomic E-state index is 0.0164. The first-order chi connectivity index (χ1) is 13.5. The lowest BCUT2D eigenvalue weighted by molar-refractivity contribution is -0.158. The van der Waals surface area contributed by atoms with Crippen LogP contribution < -0.4 is 4.74 Å². The van der Waals surface area contributed by atoms with Gasteiger partial charge in [0.15, 0.2) is 6.61 Å². The molecule has 9 heteroatoms. The first-order valence-corrected chi connectivity index (χ1v) is 11.1. The van der Waals surface area contributed by atoms with Crippen molar-refractivity contribution in [3.8, 4) is 5.75 Å². The van der Waals surface area contributed by atoms with Gasteiger partial charge in [-0.1, -0.05) is 12.8 Å². The number of hydrogen-bond donors (Lipinski definition) is 0. The Morgan fingerprint density at radius 3 is 2.24 bits per heavy atom. The largest absolute Gasteiger partial charge is 0.495 e. The van der Waals surface area contributed by atoms with E-state index >= 15 is 0 Å². The number of carbonyl (C=O) groups excluding carboxylic acids is 2. The summed E-state index contributed by atoms with van der Waals surface area (Å²) in [4.78, 5) is 24.0. The van der Waals surface area contributed by atoms with Crippen LogP contribution in [0.15, 0.2) is 23.1 Å². The number of hydrogen-bond acceptors (Lipinski definition) is 7. The molecule has 1 saturated heterocycles. The summed E-state index contributed by atoms with van der Waals surface area (Å²) in [5.41, 5.74) is -0.680. The van der Waals surface area contributed by atoms with E-state index in [4.69, 9.17) is 14.2 Å². The topological polar surface area (TPSA) is 99.2 Å². The third-order valence-corrected chi connectivity index (χ3v) is 6.24. The molecule has 29 heavy (non-hydrogen) atoms. The summed E-state index contributed by atoms with van der Waals surface area (Å²) in [6.07, 6.45) is 3.55. The van der Waals surface area contributed by atoms with Crippen molar-refractivity contribution in [1.29, 1.82) is 0 Å². The van der Waals surface area contributed by atoms with E-state index < -0.39 is 34.2 Å². The summed E-state index contributed by atoms with van der Waals surface area (Å²) >= 11 is 0. The number of carbonyl (C=O) groups is 2. The maximum Gasteiger partial charge on any atom is 0.344 e. The summed E-state index contributed by atoms with van der Waals surface area (Å²) in [5, 5.41) is 0. The number of rotatable bonds is 6. The third-order valence-electron chi connectivity index (χ3n) is 4.32. The molecule has 0 spiro atoms.